The van der Waals surface area contributed by atoms with Gasteiger partial charge in [0.1, 0.15) is 5.37 Å². The highest BCUT2D eigenvalue weighted by atomic mass is 32.2. The minimum atomic E-state index is -0.132. The Hall–Kier alpha value is -2.70. The van der Waals surface area contributed by atoms with Gasteiger partial charge in [0.15, 0.2) is 0 Å². The van der Waals surface area contributed by atoms with Gasteiger partial charge >= 0.3 is 0 Å². The van der Waals surface area contributed by atoms with Gasteiger partial charge in [0.25, 0.3) is 5.91 Å². The molecule has 0 saturated carbocycles. The van der Waals surface area contributed by atoms with Crippen LogP contribution < -0.4 is 5.32 Å². The summed E-state index contributed by atoms with van der Waals surface area (Å²) in [7, 11) is 0. The molecule has 3 aromatic carbocycles. The molecule has 3 aromatic rings. The predicted octanol–water partition coefficient (Wildman–Crippen LogP) is 5.83. The molecule has 6 heteroatoms. The third-order valence-electron chi connectivity index (χ3n) is 5.06. The zero-order chi connectivity index (χ0) is 21.6. The highest BCUT2D eigenvalue weighted by molar-refractivity contribution is 8.00. The lowest BCUT2D eigenvalue weighted by molar-refractivity contribution is -0.128. The average molecular weight is 449 g/mol. The van der Waals surface area contributed by atoms with E-state index in [0.29, 0.717) is 17.9 Å². The van der Waals surface area contributed by atoms with Crippen LogP contribution in [0.3, 0.4) is 0 Å². The largest absolute Gasteiger partial charge is 0.322 e. The van der Waals surface area contributed by atoms with E-state index in [0.717, 1.165) is 27.5 Å². The Labute approximate surface area is 191 Å². The first-order chi connectivity index (χ1) is 15.2. The average Bonchev–Trinajstić information content (AvgIpc) is 3.16. The van der Waals surface area contributed by atoms with Gasteiger partial charge in [-0.2, -0.15) is 0 Å². The molecule has 2 amide bonds. The van der Waals surface area contributed by atoms with E-state index in [-0.39, 0.29) is 17.2 Å². The van der Waals surface area contributed by atoms with Crippen molar-refractivity contribution in [1.82, 2.24) is 4.90 Å². The zero-order valence-electron chi connectivity index (χ0n) is 17.3. The summed E-state index contributed by atoms with van der Waals surface area (Å²) >= 11 is 3.33. The van der Waals surface area contributed by atoms with Crippen molar-refractivity contribution in [3.63, 3.8) is 0 Å². The minimum Gasteiger partial charge on any atom is -0.322 e. The van der Waals surface area contributed by atoms with E-state index < -0.39 is 0 Å². The Morgan fingerprint density at radius 1 is 1.03 bits per heavy atom. The number of hydrogen-bond donors (Lipinski definition) is 1. The standard InChI is InChI=1S/C25H24N2O2S2/c1-2-30-22-11-7-6-10-21(22)26-24(29)19-12-14-20(15-13-19)25-27(23(28)17-31-25)16-18-8-4-3-5-9-18/h3-15,25H,2,16-17H2,1H3,(H,26,29)/t25-/m0/s1. The Bertz CT molecular complexity index is 1050. The number of benzene rings is 3. The summed E-state index contributed by atoms with van der Waals surface area (Å²) in [5, 5.41) is 2.98. The molecule has 1 aliphatic rings. The highest BCUT2D eigenvalue weighted by Gasteiger charge is 2.32. The van der Waals surface area contributed by atoms with Crippen LogP contribution in [0.15, 0.2) is 83.8 Å². The molecule has 0 aromatic heterocycles. The monoisotopic (exact) mass is 448 g/mol. The van der Waals surface area contributed by atoms with Gasteiger partial charge in [-0.25, -0.2) is 0 Å². The molecule has 158 valence electrons. The van der Waals surface area contributed by atoms with Gasteiger partial charge in [-0.3, -0.25) is 9.59 Å². The van der Waals surface area contributed by atoms with Crippen molar-refractivity contribution in [2.24, 2.45) is 0 Å². The maximum atomic E-state index is 12.8. The van der Waals surface area contributed by atoms with Crippen LogP contribution >= 0.6 is 23.5 Å². The number of hydrogen-bond acceptors (Lipinski definition) is 4. The third-order valence-corrected chi connectivity index (χ3v) is 7.27. The number of carbonyl (C=O) groups excluding carboxylic acids is 2. The third kappa shape index (κ3) is 5.14. The quantitative estimate of drug-likeness (QED) is 0.462. The summed E-state index contributed by atoms with van der Waals surface area (Å²) in [6.45, 7) is 2.68. The molecule has 0 aliphatic carbocycles. The Balaban J connectivity index is 1.47. The van der Waals surface area contributed by atoms with Crippen molar-refractivity contribution in [3.8, 4) is 0 Å². The first kappa shape index (κ1) is 21.5. The van der Waals surface area contributed by atoms with E-state index in [4.69, 9.17) is 0 Å². The number of thioether (sulfide) groups is 2. The summed E-state index contributed by atoms with van der Waals surface area (Å²) in [6, 6.07) is 25.5. The van der Waals surface area contributed by atoms with E-state index >= 15 is 0 Å². The fourth-order valence-electron chi connectivity index (χ4n) is 3.53. The van der Waals surface area contributed by atoms with Crippen LogP contribution in [0.25, 0.3) is 0 Å². The van der Waals surface area contributed by atoms with Crippen LogP contribution in [0.2, 0.25) is 0 Å². The molecule has 1 aliphatic heterocycles. The van der Waals surface area contributed by atoms with E-state index in [2.05, 4.69) is 12.2 Å². The summed E-state index contributed by atoms with van der Waals surface area (Å²) in [5.41, 5.74) is 3.58. The minimum absolute atomic E-state index is 0.0357. The summed E-state index contributed by atoms with van der Waals surface area (Å²) in [6.07, 6.45) is 0. The zero-order valence-corrected chi connectivity index (χ0v) is 18.9. The number of anilines is 1. The molecule has 0 radical (unpaired) electrons. The topological polar surface area (TPSA) is 49.4 Å². The second-order valence-electron chi connectivity index (χ2n) is 7.18. The van der Waals surface area contributed by atoms with Crippen molar-refractivity contribution in [2.45, 2.75) is 23.7 Å². The molecular formula is C25H24N2O2S2. The maximum absolute atomic E-state index is 12.8. The molecule has 0 spiro atoms. The van der Waals surface area contributed by atoms with Crippen LogP contribution in [0, 0.1) is 0 Å². The molecule has 1 N–H and O–H groups in total. The molecule has 31 heavy (non-hydrogen) atoms. The van der Waals surface area contributed by atoms with E-state index in [1.54, 1.807) is 23.5 Å². The molecule has 0 unspecified atom stereocenters. The number of para-hydroxylation sites is 1. The Morgan fingerprint density at radius 2 is 1.74 bits per heavy atom. The van der Waals surface area contributed by atoms with Gasteiger partial charge in [0.2, 0.25) is 5.91 Å². The molecule has 1 fully saturated rings. The first-order valence-corrected chi connectivity index (χ1v) is 12.3. The SMILES string of the molecule is CCSc1ccccc1NC(=O)c1ccc([C@@H]2SCC(=O)N2Cc2ccccc2)cc1. The lowest BCUT2D eigenvalue weighted by Gasteiger charge is -2.24. The van der Waals surface area contributed by atoms with Crippen LogP contribution in [0.4, 0.5) is 5.69 Å². The van der Waals surface area contributed by atoms with E-state index in [1.165, 1.54) is 0 Å². The normalized spacial score (nSPS) is 15.8. The second-order valence-corrected chi connectivity index (χ2v) is 9.55. The molecule has 1 saturated heterocycles. The second kappa shape index (κ2) is 10.1. The molecule has 4 rings (SSSR count). The van der Waals surface area contributed by atoms with E-state index in [1.807, 2.05) is 83.8 Å². The summed E-state index contributed by atoms with van der Waals surface area (Å²) < 4.78 is 0. The molecular weight excluding hydrogens is 424 g/mol. The van der Waals surface area contributed by atoms with Gasteiger partial charge in [-0.05, 0) is 41.1 Å². The first-order valence-electron chi connectivity index (χ1n) is 10.2. The smallest absolute Gasteiger partial charge is 0.255 e. The Morgan fingerprint density at radius 3 is 2.48 bits per heavy atom. The number of nitrogens with one attached hydrogen (secondary N) is 1. The molecule has 0 bridgehead atoms. The van der Waals surface area contributed by atoms with Crippen LogP contribution in [0.5, 0.6) is 0 Å². The highest BCUT2D eigenvalue weighted by Crippen LogP contribution is 2.39. The fraction of sp³-hybridized carbons (Fsp3) is 0.200. The maximum Gasteiger partial charge on any atom is 0.255 e. The molecule has 4 nitrogen and oxygen atoms in total. The number of carbonyl (C=O) groups is 2. The van der Waals surface area contributed by atoms with E-state index in [9.17, 15) is 9.59 Å². The molecule has 1 heterocycles. The van der Waals surface area contributed by atoms with Crippen LogP contribution in [-0.4, -0.2) is 28.2 Å². The predicted molar refractivity (Wildman–Crippen MR) is 129 cm³/mol. The lowest BCUT2D eigenvalue weighted by Crippen LogP contribution is -2.27. The number of rotatable bonds is 7. The summed E-state index contributed by atoms with van der Waals surface area (Å²) in [5.74, 6) is 1.43. The number of amides is 2. The Kier molecular flexibility index (Phi) is 6.99. The van der Waals surface area contributed by atoms with Crippen molar-refractivity contribution >= 4 is 41.0 Å². The molecule has 1 atom stereocenters. The van der Waals surface area contributed by atoms with Crippen molar-refractivity contribution in [1.29, 1.82) is 0 Å². The van der Waals surface area contributed by atoms with Crippen molar-refractivity contribution in [2.75, 3.05) is 16.8 Å². The van der Waals surface area contributed by atoms with Gasteiger partial charge < -0.3 is 10.2 Å². The lowest BCUT2D eigenvalue weighted by atomic mass is 10.1. The van der Waals surface area contributed by atoms with Crippen LogP contribution in [-0.2, 0) is 11.3 Å². The van der Waals surface area contributed by atoms with Gasteiger partial charge in [-0.15, -0.1) is 23.5 Å². The number of nitrogens with zero attached hydrogens (tertiary/aromatic N) is 1. The summed E-state index contributed by atoms with van der Waals surface area (Å²) in [4.78, 5) is 28.2. The van der Waals surface area contributed by atoms with Crippen LogP contribution in [0.1, 0.15) is 33.8 Å². The van der Waals surface area contributed by atoms with Gasteiger partial charge in [0.05, 0.1) is 11.4 Å². The van der Waals surface area contributed by atoms with Crippen molar-refractivity contribution < 1.29 is 9.59 Å². The fourth-order valence-corrected chi connectivity index (χ4v) is 5.47. The van der Waals surface area contributed by atoms with Gasteiger partial charge in [-0.1, -0.05) is 61.5 Å². The van der Waals surface area contributed by atoms with Crippen molar-refractivity contribution in [3.05, 3.63) is 95.6 Å². The van der Waals surface area contributed by atoms with Gasteiger partial charge in [0, 0.05) is 17.0 Å².